The number of aliphatic hydroxyl groups is 1. The third-order valence-electron chi connectivity index (χ3n) is 3.98. The summed E-state index contributed by atoms with van der Waals surface area (Å²) in [4.78, 5) is 18.0. The lowest BCUT2D eigenvalue weighted by atomic mass is 10.1. The molecule has 1 unspecified atom stereocenters. The van der Waals surface area contributed by atoms with E-state index in [2.05, 4.69) is 4.98 Å². The minimum atomic E-state index is -0.417. The quantitative estimate of drug-likeness (QED) is 0.940. The van der Waals surface area contributed by atoms with Gasteiger partial charge in [0.15, 0.2) is 11.7 Å². The lowest BCUT2D eigenvalue weighted by Crippen LogP contribution is -2.42. The van der Waals surface area contributed by atoms with Crippen LogP contribution in [0.5, 0.6) is 0 Å². The molecule has 1 atom stereocenters. The summed E-state index contributed by atoms with van der Waals surface area (Å²) in [5, 5.41) is 9.61. The average molecular weight is 318 g/mol. The van der Waals surface area contributed by atoms with Gasteiger partial charge in [0.1, 0.15) is 5.82 Å². The fraction of sp³-hybridized carbons (Fsp3) is 0.412. The van der Waals surface area contributed by atoms with E-state index in [1.807, 2.05) is 0 Å². The van der Waals surface area contributed by atoms with Gasteiger partial charge < -0.3 is 14.4 Å². The Kier molecular flexibility index (Phi) is 4.71. The Morgan fingerprint density at radius 3 is 2.91 bits per heavy atom. The van der Waals surface area contributed by atoms with Gasteiger partial charge in [-0.2, -0.15) is 0 Å². The van der Waals surface area contributed by atoms with E-state index < -0.39 is 6.10 Å². The summed E-state index contributed by atoms with van der Waals surface area (Å²) in [6.07, 6.45) is 3.46. The molecule has 6 heteroatoms. The van der Waals surface area contributed by atoms with Crippen LogP contribution in [-0.4, -0.2) is 40.1 Å². The highest BCUT2D eigenvalue weighted by molar-refractivity contribution is 5.76. The molecule has 2 heterocycles. The monoisotopic (exact) mass is 318 g/mol. The topological polar surface area (TPSA) is 66.6 Å². The second-order valence-electron chi connectivity index (χ2n) is 5.76. The van der Waals surface area contributed by atoms with Gasteiger partial charge in [0.2, 0.25) is 5.91 Å². The third-order valence-corrected chi connectivity index (χ3v) is 3.98. The Balaban J connectivity index is 1.56. The summed E-state index contributed by atoms with van der Waals surface area (Å²) in [6, 6.07) is 5.98. The van der Waals surface area contributed by atoms with E-state index in [4.69, 9.17) is 4.42 Å². The number of carbonyl (C=O) groups excluding carboxylic acids is 1. The van der Waals surface area contributed by atoms with Crippen molar-refractivity contribution < 1.29 is 18.7 Å². The summed E-state index contributed by atoms with van der Waals surface area (Å²) in [5.41, 5.74) is 0.746. The molecule has 1 aromatic carbocycles. The number of nitrogens with zero attached hydrogens (tertiary/aromatic N) is 2. The summed E-state index contributed by atoms with van der Waals surface area (Å²) >= 11 is 0. The Bertz CT molecular complexity index is 669. The smallest absolute Gasteiger partial charge is 0.223 e. The molecule has 3 rings (SSSR count). The molecule has 122 valence electrons. The minimum Gasteiger partial charge on any atom is -0.441 e. The maximum atomic E-state index is 12.9. The number of aryl methyl sites for hydroxylation is 1. The van der Waals surface area contributed by atoms with E-state index in [1.165, 1.54) is 12.1 Å². The van der Waals surface area contributed by atoms with Gasteiger partial charge in [0.25, 0.3) is 0 Å². The van der Waals surface area contributed by atoms with E-state index in [0.717, 1.165) is 18.4 Å². The molecule has 1 aliphatic heterocycles. The Morgan fingerprint density at radius 2 is 2.17 bits per heavy atom. The van der Waals surface area contributed by atoms with E-state index in [9.17, 15) is 14.3 Å². The summed E-state index contributed by atoms with van der Waals surface area (Å²) in [7, 11) is 0. The first-order valence-corrected chi connectivity index (χ1v) is 7.78. The molecule has 0 spiro atoms. The first-order valence-electron chi connectivity index (χ1n) is 7.78. The molecule has 1 aliphatic rings. The molecule has 1 amide bonds. The molecule has 5 nitrogen and oxygen atoms in total. The summed E-state index contributed by atoms with van der Waals surface area (Å²) in [5.74, 6) is 0.740. The van der Waals surface area contributed by atoms with Crippen LogP contribution < -0.4 is 0 Å². The van der Waals surface area contributed by atoms with Crippen molar-refractivity contribution in [3.8, 4) is 11.3 Å². The number of likely N-dealkylation sites (tertiary alicyclic amines) is 1. The first kappa shape index (κ1) is 15.7. The van der Waals surface area contributed by atoms with Crippen LogP contribution in [0.1, 0.15) is 25.2 Å². The first-order chi connectivity index (χ1) is 11.1. The van der Waals surface area contributed by atoms with E-state index in [0.29, 0.717) is 37.6 Å². The number of halogens is 1. The number of carbonyl (C=O) groups is 1. The second-order valence-corrected chi connectivity index (χ2v) is 5.76. The molecule has 1 saturated heterocycles. The van der Waals surface area contributed by atoms with Crippen molar-refractivity contribution >= 4 is 5.91 Å². The normalized spacial score (nSPS) is 18.2. The van der Waals surface area contributed by atoms with Crippen molar-refractivity contribution in [3.05, 3.63) is 42.2 Å². The molecule has 2 aromatic rings. The molecule has 1 N–H and O–H groups in total. The van der Waals surface area contributed by atoms with Crippen molar-refractivity contribution in [2.24, 2.45) is 0 Å². The minimum absolute atomic E-state index is 0.00489. The Hall–Kier alpha value is -2.21. The largest absolute Gasteiger partial charge is 0.441 e. The maximum Gasteiger partial charge on any atom is 0.223 e. The van der Waals surface area contributed by atoms with E-state index in [1.54, 1.807) is 23.2 Å². The van der Waals surface area contributed by atoms with Crippen LogP contribution in [0, 0.1) is 5.82 Å². The number of amides is 1. The van der Waals surface area contributed by atoms with Gasteiger partial charge in [0, 0.05) is 31.5 Å². The van der Waals surface area contributed by atoms with Gasteiger partial charge in [-0.15, -0.1) is 0 Å². The number of piperidine rings is 1. The van der Waals surface area contributed by atoms with Gasteiger partial charge in [0.05, 0.1) is 12.3 Å². The molecular weight excluding hydrogens is 299 g/mol. The fourth-order valence-electron chi connectivity index (χ4n) is 2.73. The van der Waals surface area contributed by atoms with Crippen molar-refractivity contribution in [2.45, 2.75) is 31.8 Å². The van der Waals surface area contributed by atoms with Crippen molar-refractivity contribution in [1.82, 2.24) is 9.88 Å². The molecule has 23 heavy (non-hydrogen) atoms. The number of hydrogen-bond acceptors (Lipinski definition) is 4. The van der Waals surface area contributed by atoms with Crippen LogP contribution in [0.25, 0.3) is 11.3 Å². The lowest BCUT2D eigenvalue weighted by molar-refractivity contribution is -0.134. The van der Waals surface area contributed by atoms with Crippen molar-refractivity contribution in [3.63, 3.8) is 0 Å². The van der Waals surface area contributed by atoms with Crippen LogP contribution >= 0.6 is 0 Å². The van der Waals surface area contributed by atoms with Gasteiger partial charge in [-0.3, -0.25) is 4.79 Å². The molecule has 0 radical (unpaired) electrons. The number of aromatic nitrogens is 1. The number of aliphatic hydroxyl groups excluding tert-OH is 1. The Labute approximate surface area is 133 Å². The third kappa shape index (κ3) is 3.96. The highest BCUT2D eigenvalue weighted by Crippen LogP contribution is 2.21. The number of β-amino-alcohol motifs (C(OH)–C–C–N with tert-alkyl or cyclic N) is 1. The molecule has 1 aromatic heterocycles. The average Bonchev–Trinajstić information content (AvgIpc) is 3.02. The number of rotatable bonds is 4. The van der Waals surface area contributed by atoms with E-state index in [-0.39, 0.29) is 11.7 Å². The zero-order valence-electron chi connectivity index (χ0n) is 12.7. The number of oxazole rings is 1. The molecule has 1 fully saturated rings. The Morgan fingerprint density at radius 1 is 1.39 bits per heavy atom. The van der Waals surface area contributed by atoms with E-state index >= 15 is 0 Å². The molecule has 0 saturated carbocycles. The van der Waals surface area contributed by atoms with Crippen LogP contribution in [0.3, 0.4) is 0 Å². The second kappa shape index (κ2) is 6.91. The van der Waals surface area contributed by atoms with Crippen LogP contribution in [-0.2, 0) is 11.2 Å². The molecule has 0 aliphatic carbocycles. The predicted octanol–water partition coefficient (Wildman–Crippen LogP) is 2.40. The maximum absolute atomic E-state index is 12.9. The zero-order valence-corrected chi connectivity index (χ0v) is 12.7. The number of benzene rings is 1. The van der Waals surface area contributed by atoms with Crippen molar-refractivity contribution in [1.29, 1.82) is 0 Å². The van der Waals surface area contributed by atoms with Crippen molar-refractivity contribution in [2.75, 3.05) is 13.1 Å². The van der Waals surface area contributed by atoms with Gasteiger partial charge in [-0.1, -0.05) is 0 Å². The van der Waals surface area contributed by atoms with Crippen LogP contribution in [0.15, 0.2) is 34.9 Å². The van der Waals surface area contributed by atoms with Crippen LogP contribution in [0.2, 0.25) is 0 Å². The van der Waals surface area contributed by atoms with Gasteiger partial charge in [-0.25, -0.2) is 9.37 Å². The highest BCUT2D eigenvalue weighted by Gasteiger charge is 2.22. The molecular formula is C17H19FN2O3. The molecule has 0 bridgehead atoms. The van der Waals surface area contributed by atoms with Gasteiger partial charge in [-0.05, 0) is 37.1 Å². The van der Waals surface area contributed by atoms with Gasteiger partial charge >= 0.3 is 0 Å². The lowest BCUT2D eigenvalue weighted by Gasteiger charge is -2.30. The summed E-state index contributed by atoms with van der Waals surface area (Å²) in [6.45, 7) is 1.10. The summed E-state index contributed by atoms with van der Waals surface area (Å²) < 4.78 is 18.5. The number of hydrogen-bond donors (Lipinski definition) is 1. The fourth-order valence-corrected chi connectivity index (χ4v) is 2.73. The predicted molar refractivity (Wildman–Crippen MR) is 82.0 cm³/mol. The SMILES string of the molecule is O=C(CCc1ncc(-c2ccc(F)cc2)o1)N1CCCC(O)C1. The highest BCUT2D eigenvalue weighted by atomic mass is 19.1. The zero-order chi connectivity index (χ0) is 16.2. The van der Waals surface area contributed by atoms with Crippen LogP contribution in [0.4, 0.5) is 4.39 Å². The standard InChI is InChI=1S/C17H19FN2O3/c18-13-5-3-12(4-6-13)15-10-19-16(23-15)7-8-17(22)20-9-1-2-14(21)11-20/h3-6,10,14,21H,1-2,7-9,11H2.